The number of hydrogen-bond acceptors (Lipinski definition) is 2. The van der Waals surface area contributed by atoms with Gasteiger partial charge in [0.05, 0.1) is 11.9 Å². The van der Waals surface area contributed by atoms with Crippen LogP contribution in [0.15, 0.2) is 18.3 Å². The Bertz CT molecular complexity index is 244. The Hall–Kier alpha value is -1.26. The Morgan fingerprint density at radius 3 is 2.36 bits per heavy atom. The summed E-state index contributed by atoms with van der Waals surface area (Å²) < 4.78 is 35.4. The van der Waals surface area contributed by atoms with Gasteiger partial charge >= 0.3 is 6.18 Å². The summed E-state index contributed by atoms with van der Waals surface area (Å²) in [6.07, 6.45) is -3.41. The topological polar surface area (TPSA) is 38.9 Å². The number of aromatic nitrogens is 1. The number of halogens is 3. The van der Waals surface area contributed by atoms with Gasteiger partial charge in [-0.3, -0.25) is 0 Å². The number of anilines is 1. The second-order valence-corrected chi connectivity index (χ2v) is 1.97. The van der Waals surface area contributed by atoms with Crippen LogP contribution in [-0.4, -0.2) is 4.98 Å². The zero-order chi connectivity index (χ0) is 8.48. The van der Waals surface area contributed by atoms with E-state index in [0.717, 1.165) is 18.3 Å². The van der Waals surface area contributed by atoms with Gasteiger partial charge in [0.2, 0.25) is 0 Å². The van der Waals surface area contributed by atoms with Crippen molar-refractivity contribution >= 4 is 5.69 Å². The summed E-state index contributed by atoms with van der Waals surface area (Å²) in [6.45, 7) is 0. The van der Waals surface area contributed by atoms with Gasteiger partial charge in [-0.25, -0.2) is 4.98 Å². The van der Waals surface area contributed by atoms with E-state index >= 15 is 0 Å². The highest BCUT2D eigenvalue weighted by atomic mass is 19.4. The molecule has 1 rings (SSSR count). The molecule has 0 saturated carbocycles. The minimum atomic E-state index is -4.38. The molecule has 0 fully saturated rings. The highest BCUT2D eigenvalue weighted by Gasteiger charge is 2.31. The SMILES string of the molecule is Nc1ccc(C(F)(F)F)nc1.[HH]. The maximum absolute atomic E-state index is 11.8. The van der Waals surface area contributed by atoms with E-state index in [1.165, 1.54) is 0 Å². The summed E-state index contributed by atoms with van der Waals surface area (Å²) >= 11 is 0. The lowest BCUT2D eigenvalue weighted by molar-refractivity contribution is -0.141. The summed E-state index contributed by atoms with van der Waals surface area (Å²) in [5.74, 6) is 0. The molecule has 2 N–H and O–H groups in total. The average molecular weight is 164 g/mol. The summed E-state index contributed by atoms with van der Waals surface area (Å²) in [6, 6.07) is 2.01. The van der Waals surface area contributed by atoms with E-state index in [4.69, 9.17) is 5.73 Å². The van der Waals surface area contributed by atoms with E-state index in [2.05, 4.69) is 4.98 Å². The van der Waals surface area contributed by atoms with Gasteiger partial charge in [0.1, 0.15) is 5.69 Å². The number of nitrogen functional groups attached to an aromatic ring is 1. The minimum Gasteiger partial charge on any atom is -0.397 e. The lowest BCUT2D eigenvalue weighted by Gasteiger charge is -2.03. The molecule has 0 spiro atoms. The summed E-state index contributed by atoms with van der Waals surface area (Å²) in [4.78, 5) is 3.10. The molecule has 0 saturated heterocycles. The van der Waals surface area contributed by atoms with E-state index in [1.54, 1.807) is 0 Å². The Morgan fingerprint density at radius 1 is 1.36 bits per heavy atom. The Labute approximate surface area is 62.3 Å². The fourth-order valence-electron chi connectivity index (χ4n) is 0.573. The fraction of sp³-hybridized carbons (Fsp3) is 0.167. The molecule has 1 aromatic heterocycles. The molecular weight excluding hydrogens is 157 g/mol. The van der Waals surface area contributed by atoms with Gasteiger partial charge in [-0.05, 0) is 12.1 Å². The number of hydrogen-bond donors (Lipinski definition) is 1. The molecule has 0 atom stereocenters. The van der Waals surface area contributed by atoms with Crippen molar-refractivity contribution in [1.82, 2.24) is 4.98 Å². The van der Waals surface area contributed by atoms with Crippen LogP contribution in [0, 0.1) is 0 Å². The van der Waals surface area contributed by atoms with Gasteiger partial charge in [-0.1, -0.05) is 0 Å². The van der Waals surface area contributed by atoms with E-state index in [0.29, 0.717) is 0 Å². The molecule has 1 aromatic rings. The number of alkyl halides is 3. The summed E-state index contributed by atoms with van der Waals surface area (Å²) in [5, 5.41) is 0. The maximum atomic E-state index is 11.8. The second-order valence-electron chi connectivity index (χ2n) is 1.97. The third-order valence-corrected chi connectivity index (χ3v) is 1.08. The minimum absolute atomic E-state index is 0. The number of nitrogens with zero attached hydrogens (tertiary/aromatic N) is 1. The molecule has 62 valence electrons. The van der Waals surface area contributed by atoms with Crippen LogP contribution in [0.4, 0.5) is 18.9 Å². The normalized spacial score (nSPS) is 11.5. The molecule has 0 aliphatic heterocycles. The molecule has 0 radical (unpaired) electrons. The number of rotatable bonds is 0. The van der Waals surface area contributed by atoms with Gasteiger partial charge in [-0.15, -0.1) is 0 Å². The Morgan fingerprint density at radius 2 is 2.00 bits per heavy atom. The molecule has 11 heavy (non-hydrogen) atoms. The third-order valence-electron chi connectivity index (χ3n) is 1.08. The van der Waals surface area contributed by atoms with Gasteiger partial charge in [0, 0.05) is 1.43 Å². The monoisotopic (exact) mass is 164 g/mol. The van der Waals surface area contributed by atoms with Crippen LogP contribution in [0.2, 0.25) is 0 Å². The number of nitrogens with two attached hydrogens (primary N) is 1. The van der Waals surface area contributed by atoms with Gasteiger partial charge in [0.25, 0.3) is 0 Å². The van der Waals surface area contributed by atoms with Crippen LogP contribution < -0.4 is 5.73 Å². The third kappa shape index (κ3) is 1.83. The average Bonchev–Trinajstić information content (AvgIpc) is 1.86. The van der Waals surface area contributed by atoms with E-state index in [9.17, 15) is 13.2 Å². The lowest BCUT2D eigenvalue weighted by Crippen LogP contribution is -2.07. The van der Waals surface area contributed by atoms with Crippen molar-refractivity contribution in [3.05, 3.63) is 24.0 Å². The van der Waals surface area contributed by atoms with Gasteiger partial charge in [0.15, 0.2) is 0 Å². The summed E-state index contributed by atoms with van der Waals surface area (Å²) in [7, 11) is 0. The molecule has 1 heterocycles. The van der Waals surface area contributed by atoms with Crippen molar-refractivity contribution in [1.29, 1.82) is 0 Å². The lowest BCUT2D eigenvalue weighted by atomic mass is 10.3. The van der Waals surface area contributed by atoms with Crippen molar-refractivity contribution in [3.63, 3.8) is 0 Å². The highest BCUT2D eigenvalue weighted by Crippen LogP contribution is 2.27. The first-order valence-corrected chi connectivity index (χ1v) is 2.79. The van der Waals surface area contributed by atoms with Crippen LogP contribution in [0.3, 0.4) is 0 Å². The van der Waals surface area contributed by atoms with Crippen LogP contribution in [0.1, 0.15) is 7.12 Å². The predicted molar refractivity (Wildman–Crippen MR) is 35.8 cm³/mol. The molecule has 5 heteroatoms. The van der Waals surface area contributed by atoms with Crippen LogP contribution >= 0.6 is 0 Å². The van der Waals surface area contributed by atoms with E-state index in [-0.39, 0.29) is 7.11 Å². The van der Waals surface area contributed by atoms with Crippen LogP contribution in [-0.2, 0) is 6.18 Å². The number of pyridine rings is 1. The largest absolute Gasteiger partial charge is 0.433 e. The maximum Gasteiger partial charge on any atom is 0.433 e. The quantitative estimate of drug-likeness (QED) is 0.636. The van der Waals surface area contributed by atoms with Crippen molar-refractivity contribution in [2.45, 2.75) is 6.18 Å². The Kier molecular flexibility index (Phi) is 1.72. The van der Waals surface area contributed by atoms with Crippen molar-refractivity contribution in [2.24, 2.45) is 0 Å². The fourth-order valence-corrected chi connectivity index (χ4v) is 0.573. The molecular formula is C6H7F3N2. The Balaban J connectivity index is 0.00000121. The molecule has 2 nitrogen and oxygen atoms in total. The highest BCUT2D eigenvalue weighted by molar-refractivity contribution is 5.34. The predicted octanol–water partition coefficient (Wildman–Crippen LogP) is 1.93. The first-order valence-electron chi connectivity index (χ1n) is 2.79. The smallest absolute Gasteiger partial charge is 0.397 e. The first-order chi connectivity index (χ1) is 5.00. The standard InChI is InChI=1S/C6H5F3N2.H2/c7-6(8,9)5-2-1-4(10)3-11-5;/h1-3H,10H2;1H. The van der Waals surface area contributed by atoms with Crippen LogP contribution in [0.25, 0.3) is 0 Å². The van der Waals surface area contributed by atoms with Crippen molar-refractivity contribution < 1.29 is 14.6 Å². The zero-order valence-corrected chi connectivity index (χ0v) is 5.39. The van der Waals surface area contributed by atoms with Crippen molar-refractivity contribution in [3.8, 4) is 0 Å². The van der Waals surface area contributed by atoms with Gasteiger partial charge < -0.3 is 5.73 Å². The summed E-state index contributed by atoms with van der Waals surface area (Å²) in [5.41, 5.74) is 4.44. The first kappa shape index (κ1) is 7.84. The molecule has 0 unspecified atom stereocenters. The van der Waals surface area contributed by atoms with E-state index in [1.807, 2.05) is 0 Å². The zero-order valence-electron chi connectivity index (χ0n) is 5.39. The van der Waals surface area contributed by atoms with Crippen LogP contribution in [0.5, 0.6) is 0 Å². The molecule has 0 amide bonds. The molecule has 0 aromatic carbocycles. The van der Waals surface area contributed by atoms with E-state index < -0.39 is 11.9 Å². The molecule has 0 bridgehead atoms. The second kappa shape index (κ2) is 2.41. The molecule has 0 aliphatic rings. The molecule has 0 aliphatic carbocycles. The van der Waals surface area contributed by atoms with Gasteiger partial charge in [-0.2, -0.15) is 13.2 Å². The van der Waals surface area contributed by atoms with Crippen molar-refractivity contribution in [2.75, 3.05) is 5.73 Å².